The number of hydrogen-bond acceptors (Lipinski definition) is 2. The lowest BCUT2D eigenvalue weighted by atomic mass is 10.1. The Morgan fingerprint density at radius 1 is 1.33 bits per heavy atom. The normalized spacial score (nSPS) is 16.5. The Morgan fingerprint density at radius 3 is 2.90 bits per heavy atom. The SMILES string of the molecule is CCCn1c(CCC(C)CNC2CC2)nc2ccccc21. The molecule has 1 saturated carbocycles. The molecule has 1 aliphatic rings. The van der Waals surface area contributed by atoms with Crippen LogP contribution in [0.15, 0.2) is 24.3 Å². The molecule has 0 radical (unpaired) electrons. The van der Waals surface area contributed by atoms with Crippen LogP contribution in [0.1, 0.15) is 45.4 Å². The number of fused-ring (bicyclic) bond motifs is 1. The molecule has 1 fully saturated rings. The summed E-state index contributed by atoms with van der Waals surface area (Å²) in [5, 5.41) is 3.63. The summed E-state index contributed by atoms with van der Waals surface area (Å²) in [5.74, 6) is 1.98. The monoisotopic (exact) mass is 285 g/mol. The highest BCUT2D eigenvalue weighted by Crippen LogP contribution is 2.21. The predicted octanol–water partition coefficient (Wildman–Crippen LogP) is 3.77. The number of aromatic nitrogens is 2. The first kappa shape index (κ1) is 14.6. The fraction of sp³-hybridized carbons (Fsp3) is 0.611. The van der Waals surface area contributed by atoms with E-state index in [1.54, 1.807) is 0 Å². The second kappa shape index (κ2) is 6.61. The Labute approximate surface area is 127 Å². The van der Waals surface area contributed by atoms with Crippen LogP contribution in [0, 0.1) is 5.92 Å². The number of hydrogen-bond donors (Lipinski definition) is 1. The molecule has 3 heteroatoms. The van der Waals surface area contributed by atoms with Crippen molar-refractivity contribution in [3.8, 4) is 0 Å². The molecule has 1 aliphatic carbocycles. The van der Waals surface area contributed by atoms with Crippen LogP contribution in [-0.4, -0.2) is 22.1 Å². The summed E-state index contributed by atoms with van der Waals surface area (Å²) in [4.78, 5) is 4.85. The van der Waals surface area contributed by atoms with E-state index in [4.69, 9.17) is 4.98 Å². The average molecular weight is 285 g/mol. The summed E-state index contributed by atoms with van der Waals surface area (Å²) >= 11 is 0. The fourth-order valence-corrected chi connectivity index (χ4v) is 2.92. The van der Waals surface area contributed by atoms with Gasteiger partial charge in [0.05, 0.1) is 11.0 Å². The van der Waals surface area contributed by atoms with Crippen molar-refractivity contribution in [2.45, 2.75) is 58.5 Å². The molecular weight excluding hydrogens is 258 g/mol. The molecule has 0 amide bonds. The number of nitrogens with zero attached hydrogens (tertiary/aromatic N) is 2. The molecule has 0 aliphatic heterocycles. The lowest BCUT2D eigenvalue weighted by molar-refractivity contribution is 0.469. The highest BCUT2D eigenvalue weighted by atomic mass is 15.1. The predicted molar refractivity (Wildman–Crippen MR) is 88.5 cm³/mol. The minimum atomic E-state index is 0.723. The van der Waals surface area contributed by atoms with Crippen LogP contribution < -0.4 is 5.32 Å². The molecule has 1 atom stereocenters. The molecule has 2 aromatic rings. The maximum atomic E-state index is 4.85. The number of benzene rings is 1. The maximum absolute atomic E-state index is 4.85. The third kappa shape index (κ3) is 3.65. The number of imidazole rings is 1. The van der Waals surface area contributed by atoms with Gasteiger partial charge in [-0.1, -0.05) is 26.0 Å². The third-order valence-electron chi connectivity index (χ3n) is 4.37. The van der Waals surface area contributed by atoms with Gasteiger partial charge in [0, 0.05) is 19.0 Å². The molecule has 3 rings (SSSR count). The van der Waals surface area contributed by atoms with Gasteiger partial charge in [-0.25, -0.2) is 4.98 Å². The van der Waals surface area contributed by atoms with E-state index in [2.05, 4.69) is 48.0 Å². The summed E-state index contributed by atoms with van der Waals surface area (Å²) in [5.41, 5.74) is 2.43. The molecule has 1 aromatic heterocycles. The summed E-state index contributed by atoms with van der Waals surface area (Å²) < 4.78 is 2.41. The van der Waals surface area contributed by atoms with Gasteiger partial charge in [0.2, 0.25) is 0 Å². The van der Waals surface area contributed by atoms with Crippen molar-refractivity contribution in [1.82, 2.24) is 14.9 Å². The molecule has 1 N–H and O–H groups in total. The Hall–Kier alpha value is -1.35. The number of para-hydroxylation sites is 2. The Bertz CT molecular complexity index is 583. The van der Waals surface area contributed by atoms with Crippen molar-refractivity contribution in [2.75, 3.05) is 6.54 Å². The van der Waals surface area contributed by atoms with E-state index < -0.39 is 0 Å². The van der Waals surface area contributed by atoms with Crippen molar-refractivity contribution in [3.63, 3.8) is 0 Å². The molecule has 1 unspecified atom stereocenters. The summed E-state index contributed by atoms with van der Waals surface area (Å²) in [6.45, 7) is 6.81. The summed E-state index contributed by atoms with van der Waals surface area (Å²) in [6.07, 6.45) is 6.21. The fourth-order valence-electron chi connectivity index (χ4n) is 2.92. The van der Waals surface area contributed by atoms with Crippen LogP contribution in [-0.2, 0) is 13.0 Å². The molecule has 0 saturated heterocycles. The second-order valence-electron chi connectivity index (χ2n) is 6.49. The van der Waals surface area contributed by atoms with Gasteiger partial charge in [-0.05, 0) is 50.3 Å². The molecule has 0 spiro atoms. The largest absolute Gasteiger partial charge is 0.328 e. The van der Waals surface area contributed by atoms with Crippen molar-refractivity contribution >= 4 is 11.0 Å². The first-order valence-corrected chi connectivity index (χ1v) is 8.45. The quantitative estimate of drug-likeness (QED) is 0.800. The van der Waals surface area contributed by atoms with Gasteiger partial charge in [-0.3, -0.25) is 0 Å². The van der Waals surface area contributed by atoms with Gasteiger partial charge < -0.3 is 9.88 Å². The molecule has 114 valence electrons. The third-order valence-corrected chi connectivity index (χ3v) is 4.37. The van der Waals surface area contributed by atoms with E-state index in [0.717, 1.165) is 43.4 Å². The summed E-state index contributed by atoms with van der Waals surface area (Å²) in [6, 6.07) is 9.33. The molecule has 1 aromatic carbocycles. The van der Waals surface area contributed by atoms with Crippen molar-refractivity contribution < 1.29 is 0 Å². The van der Waals surface area contributed by atoms with E-state index in [9.17, 15) is 0 Å². The topological polar surface area (TPSA) is 29.9 Å². The zero-order valence-corrected chi connectivity index (χ0v) is 13.3. The van der Waals surface area contributed by atoms with Crippen LogP contribution in [0.25, 0.3) is 11.0 Å². The van der Waals surface area contributed by atoms with Gasteiger partial charge >= 0.3 is 0 Å². The Kier molecular flexibility index (Phi) is 4.59. The zero-order valence-electron chi connectivity index (χ0n) is 13.3. The minimum absolute atomic E-state index is 0.723. The Balaban J connectivity index is 1.65. The van der Waals surface area contributed by atoms with Crippen molar-refractivity contribution in [1.29, 1.82) is 0 Å². The van der Waals surface area contributed by atoms with Crippen LogP contribution in [0.4, 0.5) is 0 Å². The van der Waals surface area contributed by atoms with Crippen molar-refractivity contribution in [3.05, 3.63) is 30.1 Å². The minimum Gasteiger partial charge on any atom is -0.328 e. The lowest BCUT2D eigenvalue weighted by Gasteiger charge is -2.13. The van der Waals surface area contributed by atoms with Gasteiger partial charge in [-0.2, -0.15) is 0 Å². The van der Waals surface area contributed by atoms with Crippen LogP contribution in [0.2, 0.25) is 0 Å². The molecule has 0 bridgehead atoms. The average Bonchev–Trinajstić information content (AvgIpc) is 3.26. The standard InChI is InChI=1S/C18H27N3/c1-3-12-21-17-7-5-4-6-16(17)20-18(21)11-8-14(2)13-19-15-9-10-15/h4-7,14-15,19H,3,8-13H2,1-2H3. The zero-order chi connectivity index (χ0) is 14.7. The van der Waals surface area contributed by atoms with Gasteiger partial charge in [0.1, 0.15) is 5.82 Å². The van der Waals surface area contributed by atoms with Crippen molar-refractivity contribution in [2.24, 2.45) is 5.92 Å². The van der Waals surface area contributed by atoms with Crippen LogP contribution >= 0.6 is 0 Å². The van der Waals surface area contributed by atoms with Gasteiger partial charge in [0.25, 0.3) is 0 Å². The number of nitrogens with one attached hydrogen (secondary N) is 1. The number of aryl methyl sites for hydroxylation is 2. The van der Waals surface area contributed by atoms with Gasteiger partial charge in [-0.15, -0.1) is 0 Å². The van der Waals surface area contributed by atoms with E-state index >= 15 is 0 Å². The first-order chi connectivity index (χ1) is 10.3. The second-order valence-corrected chi connectivity index (χ2v) is 6.49. The van der Waals surface area contributed by atoms with E-state index in [-0.39, 0.29) is 0 Å². The highest BCUT2D eigenvalue weighted by Gasteiger charge is 2.21. The smallest absolute Gasteiger partial charge is 0.109 e. The van der Waals surface area contributed by atoms with E-state index in [1.165, 1.54) is 30.6 Å². The molecule has 3 nitrogen and oxygen atoms in total. The van der Waals surface area contributed by atoms with Gasteiger partial charge in [0.15, 0.2) is 0 Å². The van der Waals surface area contributed by atoms with Crippen LogP contribution in [0.5, 0.6) is 0 Å². The summed E-state index contributed by atoms with van der Waals surface area (Å²) in [7, 11) is 0. The van der Waals surface area contributed by atoms with Crippen LogP contribution in [0.3, 0.4) is 0 Å². The number of rotatable bonds is 8. The molecule has 1 heterocycles. The lowest BCUT2D eigenvalue weighted by Crippen LogP contribution is -2.23. The first-order valence-electron chi connectivity index (χ1n) is 8.45. The van der Waals surface area contributed by atoms with E-state index in [1.807, 2.05) is 0 Å². The maximum Gasteiger partial charge on any atom is 0.109 e. The Morgan fingerprint density at radius 2 is 2.14 bits per heavy atom. The molecule has 21 heavy (non-hydrogen) atoms. The molecular formula is C18H27N3. The highest BCUT2D eigenvalue weighted by molar-refractivity contribution is 5.75. The van der Waals surface area contributed by atoms with E-state index in [0.29, 0.717) is 0 Å².